The molecule has 0 aromatic rings. The molecule has 0 bridgehead atoms. The number of hydrogen-bond donors (Lipinski definition) is 0. The minimum absolute atomic E-state index is 0.0315. The molecule has 0 spiro atoms. The van der Waals surface area contributed by atoms with Crippen molar-refractivity contribution in [2.24, 2.45) is 0 Å². The Labute approximate surface area is 374 Å². The van der Waals surface area contributed by atoms with Crippen molar-refractivity contribution in [3.8, 4) is 0 Å². The second kappa shape index (κ2) is 45.1. The molecule has 360 valence electrons. The van der Waals surface area contributed by atoms with Crippen molar-refractivity contribution in [2.45, 2.75) is 270 Å². The molecule has 0 aliphatic rings. The Morgan fingerprint density at radius 3 is 1.10 bits per heavy atom. The second-order valence-electron chi connectivity index (χ2n) is 19.3. The maximum absolute atomic E-state index is 12.7. The van der Waals surface area contributed by atoms with Crippen LogP contribution < -0.4 is 4.89 Å². The monoisotopic (exact) mass is 874 g/mol. The molecule has 60 heavy (non-hydrogen) atoms. The van der Waals surface area contributed by atoms with E-state index < -0.39 is 13.9 Å². The van der Waals surface area contributed by atoms with Gasteiger partial charge in [-0.15, -0.1) is 0 Å². The third kappa shape index (κ3) is 48.5. The Kier molecular flexibility index (Phi) is 44.7. The normalized spacial score (nSPS) is 13.5. The predicted octanol–water partition coefficient (Wildman–Crippen LogP) is 15.4. The Balaban J connectivity index is 3.96. The standard InChI is InChI=1S/C51H104NO7P/c1-6-8-10-12-14-16-18-20-21-22-23-24-25-26-27-28-29-30-31-32-33-34-36-38-40-42-44-51(53)59-50(49-58-60(54,55)57-47-45-52(3,4)5)48-56-46-43-41-39-37-35-19-17-15-13-11-9-7-2/h50H,6-49H2,1-5H3/t50-/m1/s1. The van der Waals surface area contributed by atoms with Crippen molar-refractivity contribution in [3.05, 3.63) is 0 Å². The molecule has 0 aromatic carbocycles. The summed E-state index contributed by atoms with van der Waals surface area (Å²) in [6.45, 7) is 5.48. The van der Waals surface area contributed by atoms with Gasteiger partial charge in [0.15, 0.2) is 0 Å². The Hall–Kier alpha value is -0.500. The highest BCUT2D eigenvalue weighted by Crippen LogP contribution is 2.38. The first-order valence-electron chi connectivity index (χ1n) is 26.3. The highest BCUT2D eigenvalue weighted by atomic mass is 31.2. The number of unbranched alkanes of at least 4 members (excludes halogenated alkanes) is 36. The fraction of sp³-hybridized carbons (Fsp3) is 0.980. The van der Waals surface area contributed by atoms with E-state index in [0.717, 1.165) is 32.1 Å². The van der Waals surface area contributed by atoms with Crippen LogP contribution in [0.25, 0.3) is 0 Å². The van der Waals surface area contributed by atoms with Gasteiger partial charge in [0.25, 0.3) is 7.82 Å². The van der Waals surface area contributed by atoms with Crippen molar-refractivity contribution >= 4 is 13.8 Å². The summed E-state index contributed by atoms with van der Waals surface area (Å²) in [5.74, 6) is -0.325. The van der Waals surface area contributed by atoms with E-state index in [4.69, 9.17) is 18.5 Å². The molecule has 2 atom stereocenters. The van der Waals surface area contributed by atoms with Gasteiger partial charge in [0, 0.05) is 13.0 Å². The topological polar surface area (TPSA) is 94.1 Å². The fourth-order valence-electron chi connectivity index (χ4n) is 7.84. The predicted molar refractivity (Wildman–Crippen MR) is 255 cm³/mol. The van der Waals surface area contributed by atoms with Gasteiger partial charge in [-0.2, -0.15) is 0 Å². The number of phosphoric acid groups is 1. The number of carbonyl (C=O) groups excluding carboxylic acids is 1. The third-order valence-electron chi connectivity index (χ3n) is 11.9. The lowest BCUT2D eigenvalue weighted by atomic mass is 10.0. The van der Waals surface area contributed by atoms with E-state index in [2.05, 4.69) is 13.8 Å². The van der Waals surface area contributed by atoms with Gasteiger partial charge in [-0.3, -0.25) is 9.36 Å². The van der Waals surface area contributed by atoms with E-state index >= 15 is 0 Å². The van der Waals surface area contributed by atoms with Crippen LogP contribution in [0.3, 0.4) is 0 Å². The first kappa shape index (κ1) is 59.5. The van der Waals surface area contributed by atoms with Gasteiger partial charge in [0.05, 0.1) is 34.4 Å². The van der Waals surface area contributed by atoms with Gasteiger partial charge in [0.1, 0.15) is 19.3 Å². The number of quaternary nitrogens is 1. The fourth-order valence-corrected chi connectivity index (χ4v) is 8.57. The van der Waals surface area contributed by atoms with Crippen molar-refractivity contribution in [1.82, 2.24) is 0 Å². The van der Waals surface area contributed by atoms with E-state index in [9.17, 15) is 14.3 Å². The number of hydrogen-bond acceptors (Lipinski definition) is 7. The van der Waals surface area contributed by atoms with Gasteiger partial charge >= 0.3 is 5.97 Å². The summed E-state index contributed by atoms with van der Waals surface area (Å²) < 4.78 is 34.7. The molecule has 0 aliphatic carbocycles. The van der Waals surface area contributed by atoms with Gasteiger partial charge in [-0.1, -0.05) is 245 Å². The zero-order valence-electron chi connectivity index (χ0n) is 40.9. The zero-order chi connectivity index (χ0) is 44.1. The van der Waals surface area contributed by atoms with Crippen molar-refractivity contribution < 1.29 is 37.3 Å². The molecule has 0 aromatic heterocycles. The third-order valence-corrected chi connectivity index (χ3v) is 12.9. The van der Waals surface area contributed by atoms with Crippen LogP contribution in [0.1, 0.15) is 264 Å². The molecule has 0 rings (SSSR count). The molecule has 1 unspecified atom stereocenters. The lowest BCUT2D eigenvalue weighted by Crippen LogP contribution is -2.37. The smallest absolute Gasteiger partial charge is 0.306 e. The molecule has 0 fully saturated rings. The first-order chi connectivity index (χ1) is 29.1. The van der Waals surface area contributed by atoms with Crippen LogP contribution in [-0.2, 0) is 27.9 Å². The summed E-state index contributed by atoms with van der Waals surface area (Å²) in [7, 11) is 1.38. The van der Waals surface area contributed by atoms with Crippen LogP contribution in [0.2, 0.25) is 0 Å². The quantitative estimate of drug-likeness (QED) is 0.0260. The number of carbonyl (C=O) groups is 1. The van der Waals surface area contributed by atoms with Gasteiger partial charge in [0.2, 0.25) is 0 Å². The molecule has 0 amide bonds. The average Bonchev–Trinajstić information content (AvgIpc) is 3.20. The van der Waals surface area contributed by atoms with Crippen LogP contribution in [0.15, 0.2) is 0 Å². The molecule has 0 radical (unpaired) electrons. The second-order valence-corrected chi connectivity index (χ2v) is 20.7. The lowest BCUT2D eigenvalue weighted by Gasteiger charge is -2.28. The van der Waals surface area contributed by atoms with E-state index in [0.29, 0.717) is 24.1 Å². The average molecular weight is 874 g/mol. The number of nitrogens with zero attached hydrogens (tertiary/aromatic N) is 1. The van der Waals surface area contributed by atoms with Crippen molar-refractivity contribution in [1.29, 1.82) is 0 Å². The molecule has 0 N–H and O–H groups in total. The van der Waals surface area contributed by atoms with Gasteiger partial charge in [-0.05, 0) is 12.8 Å². The van der Waals surface area contributed by atoms with E-state index in [1.807, 2.05) is 21.1 Å². The first-order valence-corrected chi connectivity index (χ1v) is 27.7. The van der Waals surface area contributed by atoms with Crippen molar-refractivity contribution in [2.75, 3.05) is 54.1 Å². The highest BCUT2D eigenvalue weighted by Gasteiger charge is 2.20. The summed E-state index contributed by atoms with van der Waals surface area (Å²) in [4.78, 5) is 25.1. The number of likely N-dealkylation sites (N-methyl/N-ethyl adjacent to an activating group) is 1. The molecular weight excluding hydrogens is 770 g/mol. The van der Waals surface area contributed by atoms with Crippen LogP contribution in [-0.4, -0.2) is 70.7 Å². The molecule has 0 aliphatic heterocycles. The maximum atomic E-state index is 12.7. The Bertz CT molecular complexity index is 930. The maximum Gasteiger partial charge on any atom is 0.306 e. The molecule has 0 heterocycles. The Morgan fingerprint density at radius 1 is 0.450 bits per heavy atom. The SMILES string of the molecule is CCCCCCCCCCCCCCCCCCCCCCCCCCCCC(=O)O[C@H](COCCCCCCCCCCCCCC)COP(=O)([O-])OCC[N+](C)(C)C. The molecular formula is C51H104NO7P. The largest absolute Gasteiger partial charge is 0.756 e. The number of phosphoric ester groups is 1. The number of esters is 1. The minimum atomic E-state index is -4.52. The summed E-state index contributed by atoms with van der Waals surface area (Å²) >= 11 is 0. The van der Waals surface area contributed by atoms with Gasteiger partial charge < -0.3 is 27.9 Å². The molecule has 8 nitrogen and oxygen atoms in total. The summed E-state index contributed by atoms with van der Waals surface area (Å²) in [5, 5.41) is 0. The summed E-state index contributed by atoms with van der Waals surface area (Å²) in [6, 6.07) is 0. The molecule has 0 saturated heterocycles. The molecule has 0 saturated carbocycles. The van der Waals surface area contributed by atoms with Crippen LogP contribution >= 0.6 is 7.82 Å². The van der Waals surface area contributed by atoms with E-state index in [-0.39, 0.29) is 25.8 Å². The summed E-state index contributed by atoms with van der Waals surface area (Å²) in [6.07, 6.45) is 49.9. The van der Waals surface area contributed by atoms with Crippen molar-refractivity contribution in [3.63, 3.8) is 0 Å². The lowest BCUT2D eigenvalue weighted by molar-refractivity contribution is -0.870. The number of rotatable bonds is 50. The number of ether oxygens (including phenoxy) is 2. The van der Waals surface area contributed by atoms with Crippen LogP contribution in [0, 0.1) is 0 Å². The summed E-state index contributed by atoms with van der Waals surface area (Å²) in [5.41, 5.74) is 0. The highest BCUT2D eigenvalue weighted by molar-refractivity contribution is 7.45. The Morgan fingerprint density at radius 2 is 0.767 bits per heavy atom. The zero-order valence-corrected chi connectivity index (χ0v) is 41.8. The van der Waals surface area contributed by atoms with E-state index in [1.165, 1.54) is 212 Å². The molecule has 9 heteroatoms. The van der Waals surface area contributed by atoms with Crippen LogP contribution in [0.5, 0.6) is 0 Å². The van der Waals surface area contributed by atoms with Gasteiger partial charge in [-0.25, -0.2) is 0 Å². The van der Waals surface area contributed by atoms with E-state index in [1.54, 1.807) is 0 Å². The van der Waals surface area contributed by atoms with Crippen LogP contribution in [0.4, 0.5) is 0 Å². The minimum Gasteiger partial charge on any atom is -0.756 e.